The van der Waals surface area contributed by atoms with E-state index in [0.717, 1.165) is 0 Å². The van der Waals surface area contributed by atoms with Gasteiger partial charge in [0.25, 0.3) is 0 Å². The highest BCUT2D eigenvalue weighted by Gasteiger charge is 2.40. The third-order valence-electron chi connectivity index (χ3n) is 3.34. The lowest BCUT2D eigenvalue weighted by Gasteiger charge is -2.21. The summed E-state index contributed by atoms with van der Waals surface area (Å²) in [6.45, 7) is 2.74. The second-order valence-corrected chi connectivity index (χ2v) is 5.86. The average molecular weight is 346 g/mol. The van der Waals surface area contributed by atoms with Crippen molar-refractivity contribution in [2.24, 2.45) is 17.6 Å². The van der Waals surface area contributed by atoms with Crippen LogP contribution in [0.3, 0.4) is 0 Å². The first-order valence-corrected chi connectivity index (χ1v) is 6.97. The van der Waals surface area contributed by atoms with Crippen LogP contribution in [0.25, 0.3) is 0 Å². The molecule has 2 atom stereocenters. The highest BCUT2D eigenvalue weighted by molar-refractivity contribution is 5.89. The number of hydrogen-bond donors (Lipinski definition) is 2. The van der Waals surface area contributed by atoms with Gasteiger partial charge in [-0.3, -0.25) is 9.59 Å². The molecule has 1 fully saturated rings. The Kier molecular flexibility index (Phi) is 8.17. The van der Waals surface area contributed by atoms with Crippen LogP contribution >= 0.6 is 12.4 Å². The Hall–Kier alpha value is -1.02. The zero-order valence-corrected chi connectivity index (χ0v) is 13.5. The molecule has 5 nitrogen and oxygen atoms in total. The van der Waals surface area contributed by atoms with Crippen molar-refractivity contribution < 1.29 is 22.8 Å². The Labute approximate surface area is 134 Å². The van der Waals surface area contributed by atoms with Gasteiger partial charge in [-0.15, -0.1) is 12.4 Å². The van der Waals surface area contributed by atoms with Crippen LogP contribution in [0.5, 0.6) is 0 Å². The molecule has 0 radical (unpaired) electrons. The number of rotatable bonds is 6. The molecule has 0 aromatic heterocycles. The third-order valence-corrected chi connectivity index (χ3v) is 3.34. The molecule has 1 heterocycles. The SMILES string of the molecule is CC(C)CC(CN)NC(=O)C1CC(=O)N(CC(F)(F)F)C1.Cl. The van der Waals surface area contributed by atoms with E-state index in [1.165, 1.54) is 0 Å². The van der Waals surface area contributed by atoms with Crippen molar-refractivity contribution in [3.63, 3.8) is 0 Å². The first-order chi connectivity index (χ1) is 9.62. The molecule has 0 spiro atoms. The summed E-state index contributed by atoms with van der Waals surface area (Å²) in [7, 11) is 0. The highest BCUT2D eigenvalue weighted by Crippen LogP contribution is 2.24. The predicted octanol–water partition coefficient (Wildman–Crippen LogP) is 1.31. The quantitative estimate of drug-likeness (QED) is 0.762. The molecule has 0 saturated carbocycles. The van der Waals surface area contributed by atoms with Crippen LogP contribution in [0.1, 0.15) is 26.7 Å². The minimum atomic E-state index is -4.45. The topological polar surface area (TPSA) is 75.4 Å². The average Bonchev–Trinajstić information content (AvgIpc) is 2.67. The molecule has 1 aliphatic heterocycles. The monoisotopic (exact) mass is 345 g/mol. The van der Waals surface area contributed by atoms with Crippen LogP contribution in [0.4, 0.5) is 13.2 Å². The maximum Gasteiger partial charge on any atom is 0.406 e. The van der Waals surface area contributed by atoms with Gasteiger partial charge in [0.05, 0.1) is 5.92 Å². The van der Waals surface area contributed by atoms with Crippen LogP contribution in [0.15, 0.2) is 0 Å². The summed E-state index contributed by atoms with van der Waals surface area (Å²) in [5.74, 6) is -1.43. The van der Waals surface area contributed by atoms with E-state index < -0.39 is 30.5 Å². The Balaban J connectivity index is 0.00000441. The molecule has 9 heteroatoms. The van der Waals surface area contributed by atoms with Gasteiger partial charge in [-0.2, -0.15) is 13.2 Å². The number of hydrogen-bond acceptors (Lipinski definition) is 3. The standard InChI is InChI=1S/C13H22F3N3O2.ClH/c1-8(2)3-10(5-17)18-12(21)9-4-11(20)19(6-9)7-13(14,15)16;/h8-10H,3-7,17H2,1-2H3,(H,18,21);1H. The van der Waals surface area contributed by atoms with Gasteiger partial charge in [-0.25, -0.2) is 0 Å². The summed E-state index contributed by atoms with van der Waals surface area (Å²) >= 11 is 0. The van der Waals surface area contributed by atoms with Gasteiger partial charge in [0, 0.05) is 25.6 Å². The minimum Gasteiger partial charge on any atom is -0.352 e. The van der Waals surface area contributed by atoms with Crippen LogP contribution in [-0.2, 0) is 9.59 Å². The van der Waals surface area contributed by atoms with Crippen LogP contribution in [-0.4, -0.2) is 48.6 Å². The molecule has 1 saturated heterocycles. The number of carbonyl (C=O) groups excluding carboxylic acids is 2. The van der Waals surface area contributed by atoms with Crippen molar-refractivity contribution in [3.05, 3.63) is 0 Å². The van der Waals surface area contributed by atoms with Gasteiger partial charge in [-0.05, 0) is 12.3 Å². The normalized spacial score (nSPS) is 20.0. The van der Waals surface area contributed by atoms with E-state index in [9.17, 15) is 22.8 Å². The summed E-state index contributed by atoms with van der Waals surface area (Å²) in [4.78, 5) is 24.2. The largest absolute Gasteiger partial charge is 0.406 e. The Bertz CT molecular complexity index is 391. The Morgan fingerprint density at radius 3 is 2.50 bits per heavy atom. The maximum absolute atomic E-state index is 12.3. The Morgan fingerprint density at radius 1 is 1.45 bits per heavy atom. The third kappa shape index (κ3) is 6.83. The van der Waals surface area contributed by atoms with Crippen molar-refractivity contribution in [1.82, 2.24) is 10.2 Å². The zero-order valence-electron chi connectivity index (χ0n) is 12.7. The molecule has 0 aromatic rings. The molecule has 2 unspecified atom stereocenters. The lowest BCUT2D eigenvalue weighted by Crippen LogP contribution is -2.44. The van der Waals surface area contributed by atoms with E-state index in [-0.39, 0.29) is 38.0 Å². The summed E-state index contributed by atoms with van der Waals surface area (Å²) in [5, 5.41) is 2.72. The van der Waals surface area contributed by atoms with E-state index in [4.69, 9.17) is 5.73 Å². The predicted molar refractivity (Wildman–Crippen MR) is 78.4 cm³/mol. The van der Waals surface area contributed by atoms with Crippen LogP contribution in [0.2, 0.25) is 0 Å². The van der Waals surface area contributed by atoms with Gasteiger partial charge in [-0.1, -0.05) is 13.8 Å². The van der Waals surface area contributed by atoms with E-state index in [2.05, 4.69) is 5.32 Å². The fourth-order valence-corrected chi connectivity index (χ4v) is 2.42. The second-order valence-electron chi connectivity index (χ2n) is 5.86. The molecule has 22 heavy (non-hydrogen) atoms. The molecule has 0 bridgehead atoms. The van der Waals surface area contributed by atoms with Gasteiger partial charge in [0.15, 0.2) is 0 Å². The summed E-state index contributed by atoms with van der Waals surface area (Å²) in [6.07, 6.45) is -3.94. The molecule has 0 aromatic carbocycles. The molecular formula is C13H23ClF3N3O2. The fraction of sp³-hybridized carbons (Fsp3) is 0.846. The van der Waals surface area contributed by atoms with E-state index in [0.29, 0.717) is 17.2 Å². The van der Waals surface area contributed by atoms with Gasteiger partial charge in [0.2, 0.25) is 11.8 Å². The number of likely N-dealkylation sites (tertiary alicyclic amines) is 1. The zero-order chi connectivity index (χ0) is 16.2. The van der Waals surface area contributed by atoms with Crippen LogP contribution in [0, 0.1) is 11.8 Å². The molecule has 130 valence electrons. The Morgan fingerprint density at radius 2 is 2.05 bits per heavy atom. The van der Waals surface area contributed by atoms with E-state index >= 15 is 0 Å². The van der Waals surface area contributed by atoms with Gasteiger partial charge >= 0.3 is 6.18 Å². The summed E-state index contributed by atoms with van der Waals surface area (Å²) < 4.78 is 36.9. The maximum atomic E-state index is 12.3. The van der Waals surface area contributed by atoms with Crippen molar-refractivity contribution in [3.8, 4) is 0 Å². The lowest BCUT2D eigenvalue weighted by atomic mass is 10.0. The number of halogens is 4. The number of carbonyl (C=O) groups is 2. The highest BCUT2D eigenvalue weighted by atomic mass is 35.5. The minimum absolute atomic E-state index is 0. The first kappa shape index (κ1) is 21.0. The number of amides is 2. The molecule has 1 rings (SSSR count). The molecular weight excluding hydrogens is 323 g/mol. The molecule has 1 aliphatic rings. The molecule has 3 N–H and O–H groups in total. The van der Waals surface area contributed by atoms with Crippen molar-refractivity contribution in [1.29, 1.82) is 0 Å². The van der Waals surface area contributed by atoms with Gasteiger partial charge < -0.3 is 16.0 Å². The first-order valence-electron chi connectivity index (χ1n) is 6.97. The lowest BCUT2D eigenvalue weighted by molar-refractivity contribution is -0.157. The van der Waals surface area contributed by atoms with Crippen LogP contribution < -0.4 is 11.1 Å². The summed E-state index contributed by atoms with van der Waals surface area (Å²) in [5.41, 5.74) is 5.57. The second kappa shape index (κ2) is 8.57. The smallest absolute Gasteiger partial charge is 0.352 e. The number of nitrogens with one attached hydrogen (secondary N) is 1. The fourth-order valence-electron chi connectivity index (χ4n) is 2.42. The van der Waals surface area contributed by atoms with Crippen molar-refractivity contribution >= 4 is 24.2 Å². The number of nitrogens with two attached hydrogens (primary N) is 1. The molecule has 2 amide bonds. The van der Waals surface area contributed by atoms with Gasteiger partial charge in [0.1, 0.15) is 6.54 Å². The summed E-state index contributed by atoms with van der Waals surface area (Å²) in [6, 6.07) is -0.218. The number of nitrogens with zero attached hydrogens (tertiary/aromatic N) is 1. The van der Waals surface area contributed by atoms with Crippen molar-refractivity contribution in [2.45, 2.75) is 38.9 Å². The molecule has 0 aliphatic carbocycles. The number of alkyl halides is 3. The van der Waals surface area contributed by atoms with E-state index in [1.807, 2.05) is 13.8 Å². The van der Waals surface area contributed by atoms with E-state index in [1.54, 1.807) is 0 Å². The van der Waals surface area contributed by atoms with Crippen molar-refractivity contribution in [2.75, 3.05) is 19.6 Å².